The predicted molar refractivity (Wildman–Crippen MR) is 105 cm³/mol. The number of halogens is 1. The van der Waals surface area contributed by atoms with Gasteiger partial charge in [0.05, 0.1) is 26.4 Å². The average Bonchev–Trinajstić information content (AvgIpc) is 3.12. The molecule has 0 aliphatic heterocycles. The molecule has 7 nitrogen and oxygen atoms in total. The summed E-state index contributed by atoms with van der Waals surface area (Å²) in [7, 11) is 3.45. The Kier molecular flexibility index (Phi) is 6.20. The van der Waals surface area contributed by atoms with Crippen molar-refractivity contribution in [2.45, 2.75) is 6.54 Å². The molecule has 0 aliphatic rings. The molecule has 0 aliphatic carbocycles. The van der Waals surface area contributed by atoms with Crippen molar-refractivity contribution in [2.24, 2.45) is 0 Å². The van der Waals surface area contributed by atoms with Crippen molar-refractivity contribution in [3.8, 4) is 17.1 Å². The van der Waals surface area contributed by atoms with Crippen LogP contribution in [0.4, 0.5) is 5.82 Å². The third-order valence-corrected chi connectivity index (χ3v) is 4.21. The molecule has 1 amide bonds. The first-order chi connectivity index (χ1) is 13.0. The van der Waals surface area contributed by atoms with Gasteiger partial charge in [-0.25, -0.2) is 9.97 Å². The standard InChI is InChI=1S/C19H19BrN4O3/c1-24(11-18(25)23-17-8-5-14(20)9-21-17)12-19-22-10-16(27-19)13-3-6-15(26-2)7-4-13/h3-10H,11-12H2,1-2H3,(H,21,23,25). The number of hydrogen-bond donors (Lipinski definition) is 1. The SMILES string of the molecule is COc1ccc(-c2cnc(CN(C)CC(=O)Nc3ccc(Br)cn3)o2)cc1. The van der Waals surface area contributed by atoms with Crippen LogP contribution in [0.1, 0.15) is 5.89 Å². The van der Waals surface area contributed by atoms with Gasteiger partial charge in [-0.2, -0.15) is 0 Å². The van der Waals surface area contributed by atoms with E-state index in [4.69, 9.17) is 9.15 Å². The van der Waals surface area contributed by atoms with Crippen LogP contribution in [0, 0.1) is 0 Å². The molecule has 0 spiro atoms. The maximum Gasteiger partial charge on any atom is 0.239 e. The number of pyridine rings is 1. The molecule has 0 fully saturated rings. The number of oxazole rings is 1. The maximum atomic E-state index is 12.1. The zero-order valence-electron chi connectivity index (χ0n) is 15.0. The van der Waals surface area contributed by atoms with Crippen molar-refractivity contribution in [3.05, 3.63) is 59.2 Å². The third-order valence-electron chi connectivity index (χ3n) is 3.74. The van der Waals surface area contributed by atoms with E-state index in [1.807, 2.05) is 42.3 Å². The second-order valence-electron chi connectivity index (χ2n) is 5.93. The van der Waals surface area contributed by atoms with Gasteiger partial charge in [-0.3, -0.25) is 9.69 Å². The second kappa shape index (κ2) is 8.79. The number of aromatic nitrogens is 2. The highest BCUT2D eigenvalue weighted by Gasteiger charge is 2.12. The maximum absolute atomic E-state index is 12.1. The van der Waals surface area contributed by atoms with E-state index in [0.29, 0.717) is 24.0 Å². The van der Waals surface area contributed by atoms with E-state index < -0.39 is 0 Å². The molecule has 1 N–H and O–H groups in total. The number of carbonyl (C=O) groups excluding carboxylic acids is 1. The Morgan fingerprint density at radius 2 is 1.96 bits per heavy atom. The topological polar surface area (TPSA) is 80.5 Å². The predicted octanol–water partition coefficient (Wildman–Crippen LogP) is 3.58. The van der Waals surface area contributed by atoms with E-state index in [1.54, 1.807) is 25.6 Å². The molecule has 3 aromatic rings. The van der Waals surface area contributed by atoms with Gasteiger partial charge >= 0.3 is 0 Å². The summed E-state index contributed by atoms with van der Waals surface area (Å²) in [5.41, 5.74) is 0.913. The molecule has 0 saturated carbocycles. The van der Waals surface area contributed by atoms with Crippen LogP contribution in [-0.2, 0) is 11.3 Å². The minimum absolute atomic E-state index is 0.158. The van der Waals surface area contributed by atoms with Gasteiger partial charge in [0.15, 0.2) is 5.76 Å². The summed E-state index contributed by atoms with van der Waals surface area (Å²) < 4.78 is 11.8. The largest absolute Gasteiger partial charge is 0.497 e. The van der Waals surface area contributed by atoms with E-state index in [0.717, 1.165) is 15.8 Å². The van der Waals surface area contributed by atoms with E-state index in [9.17, 15) is 4.79 Å². The molecule has 2 aromatic heterocycles. The number of carbonyl (C=O) groups is 1. The number of likely N-dealkylation sites (N-methyl/N-ethyl adjacent to an activating group) is 1. The monoisotopic (exact) mass is 430 g/mol. The van der Waals surface area contributed by atoms with Gasteiger partial charge in [-0.1, -0.05) is 0 Å². The lowest BCUT2D eigenvalue weighted by Crippen LogP contribution is -2.30. The lowest BCUT2D eigenvalue weighted by atomic mass is 10.2. The van der Waals surface area contributed by atoms with Crippen LogP contribution in [0.25, 0.3) is 11.3 Å². The summed E-state index contributed by atoms with van der Waals surface area (Å²) >= 11 is 3.31. The van der Waals surface area contributed by atoms with E-state index >= 15 is 0 Å². The number of rotatable bonds is 7. The molecule has 3 rings (SSSR count). The number of anilines is 1. The second-order valence-corrected chi connectivity index (χ2v) is 6.84. The molecule has 8 heteroatoms. The summed E-state index contributed by atoms with van der Waals surface area (Å²) in [6, 6.07) is 11.1. The number of nitrogens with one attached hydrogen (secondary N) is 1. The Bertz CT molecular complexity index is 894. The fourth-order valence-corrected chi connectivity index (χ4v) is 2.67. The molecule has 27 heavy (non-hydrogen) atoms. The van der Waals surface area contributed by atoms with E-state index in [-0.39, 0.29) is 12.5 Å². The Hall–Kier alpha value is -2.71. The summed E-state index contributed by atoms with van der Waals surface area (Å²) in [4.78, 5) is 22.3. The Labute approximate surface area is 165 Å². The van der Waals surface area contributed by atoms with Crippen molar-refractivity contribution in [2.75, 3.05) is 26.0 Å². The fourth-order valence-electron chi connectivity index (χ4n) is 2.44. The summed E-state index contributed by atoms with van der Waals surface area (Å²) in [5, 5.41) is 2.75. The minimum atomic E-state index is -0.158. The molecule has 2 heterocycles. The molecule has 1 aromatic carbocycles. The van der Waals surface area contributed by atoms with E-state index in [2.05, 4.69) is 31.2 Å². The summed E-state index contributed by atoms with van der Waals surface area (Å²) in [6.07, 6.45) is 3.31. The van der Waals surface area contributed by atoms with Crippen LogP contribution in [0.2, 0.25) is 0 Å². The molecule has 0 radical (unpaired) electrons. The zero-order chi connectivity index (χ0) is 19.2. The molecule has 0 saturated heterocycles. The number of benzene rings is 1. The number of amides is 1. The summed E-state index contributed by atoms with van der Waals surface area (Å²) in [6.45, 7) is 0.606. The van der Waals surface area contributed by atoms with E-state index in [1.165, 1.54) is 0 Å². The van der Waals surface area contributed by atoms with Crippen LogP contribution in [0.3, 0.4) is 0 Å². The number of hydrogen-bond acceptors (Lipinski definition) is 6. The highest BCUT2D eigenvalue weighted by molar-refractivity contribution is 9.10. The molecular formula is C19H19BrN4O3. The van der Waals surface area contributed by atoms with Crippen molar-refractivity contribution >= 4 is 27.7 Å². The first-order valence-electron chi connectivity index (χ1n) is 8.22. The molecular weight excluding hydrogens is 412 g/mol. The highest BCUT2D eigenvalue weighted by atomic mass is 79.9. The minimum Gasteiger partial charge on any atom is -0.497 e. The molecule has 0 unspecified atom stereocenters. The van der Waals surface area contributed by atoms with Gasteiger partial charge in [0.2, 0.25) is 11.8 Å². The first kappa shape index (κ1) is 19.1. The van der Waals surface area contributed by atoms with Crippen LogP contribution in [0.5, 0.6) is 5.75 Å². The Morgan fingerprint density at radius 3 is 2.63 bits per heavy atom. The van der Waals surface area contributed by atoms with Crippen molar-refractivity contribution < 1.29 is 13.9 Å². The Balaban J connectivity index is 1.54. The van der Waals surface area contributed by atoms with Crippen LogP contribution in [0.15, 0.2) is 57.7 Å². The number of methoxy groups -OCH3 is 1. The Morgan fingerprint density at radius 1 is 1.19 bits per heavy atom. The number of nitrogens with zero attached hydrogens (tertiary/aromatic N) is 3. The molecule has 0 atom stereocenters. The highest BCUT2D eigenvalue weighted by Crippen LogP contribution is 2.23. The average molecular weight is 431 g/mol. The van der Waals surface area contributed by atoms with Crippen molar-refractivity contribution in [1.82, 2.24) is 14.9 Å². The normalized spacial score (nSPS) is 10.8. The molecule has 140 valence electrons. The van der Waals surface area contributed by atoms with Gasteiger partial charge in [-0.05, 0) is 59.4 Å². The summed E-state index contributed by atoms with van der Waals surface area (Å²) in [5.74, 6) is 2.34. The van der Waals surface area contributed by atoms with Gasteiger partial charge in [0.1, 0.15) is 11.6 Å². The fraction of sp³-hybridized carbons (Fsp3) is 0.211. The van der Waals surface area contributed by atoms with Crippen molar-refractivity contribution in [3.63, 3.8) is 0 Å². The quantitative estimate of drug-likeness (QED) is 0.616. The number of ether oxygens (including phenoxy) is 1. The lowest BCUT2D eigenvalue weighted by Gasteiger charge is -2.14. The van der Waals surface area contributed by atoms with Gasteiger partial charge in [0.25, 0.3) is 0 Å². The van der Waals surface area contributed by atoms with Crippen molar-refractivity contribution in [1.29, 1.82) is 0 Å². The first-order valence-corrected chi connectivity index (χ1v) is 9.02. The van der Waals surface area contributed by atoms with Gasteiger partial charge < -0.3 is 14.5 Å². The van der Waals surface area contributed by atoms with Crippen LogP contribution in [-0.4, -0.2) is 41.5 Å². The zero-order valence-corrected chi connectivity index (χ0v) is 16.6. The van der Waals surface area contributed by atoms with Crippen LogP contribution < -0.4 is 10.1 Å². The molecule has 0 bridgehead atoms. The van der Waals surface area contributed by atoms with Gasteiger partial charge in [-0.15, -0.1) is 0 Å². The lowest BCUT2D eigenvalue weighted by molar-refractivity contribution is -0.117. The third kappa shape index (κ3) is 5.38. The van der Waals surface area contributed by atoms with Crippen LogP contribution >= 0.6 is 15.9 Å². The van der Waals surface area contributed by atoms with Gasteiger partial charge in [0, 0.05) is 16.2 Å². The smallest absolute Gasteiger partial charge is 0.239 e.